The zero-order valence-corrected chi connectivity index (χ0v) is 9.72. The van der Waals surface area contributed by atoms with E-state index in [1.807, 2.05) is 0 Å². The van der Waals surface area contributed by atoms with Gasteiger partial charge in [0.25, 0.3) is 0 Å². The lowest BCUT2D eigenvalue weighted by atomic mass is 9.85. The molecule has 0 spiro atoms. The molecule has 0 saturated heterocycles. The van der Waals surface area contributed by atoms with Crippen molar-refractivity contribution in [1.29, 1.82) is 0 Å². The maximum atomic E-state index is 11.8. The lowest BCUT2D eigenvalue weighted by molar-refractivity contribution is 0.226. The van der Waals surface area contributed by atoms with Gasteiger partial charge in [-0.3, -0.25) is 4.57 Å². The molecule has 1 N–H and O–H groups in total. The Morgan fingerprint density at radius 2 is 2.19 bits per heavy atom. The van der Waals surface area contributed by atoms with Gasteiger partial charge in [-0.2, -0.15) is 0 Å². The number of nitrogens with zero attached hydrogens (tertiary/aromatic N) is 2. The Hall–Kier alpha value is -1.32. The Morgan fingerprint density at radius 1 is 1.44 bits per heavy atom. The highest BCUT2D eigenvalue weighted by Gasteiger charge is 2.21. The second-order valence-electron chi connectivity index (χ2n) is 4.61. The van der Waals surface area contributed by atoms with Crippen LogP contribution < -0.4 is 5.32 Å². The first-order valence-corrected chi connectivity index (χ1v) is 6.06. The van der Waals surface area contributed by atoms with Crippen LogP contribution in [0.25, 0.3) is 0 Å². The van der Waals surface area contributed by atoms with Crippen molar-refractivity contribution in [2.75, 3.05) is 0 Å². The normalized spacial score (nSPS) is 19.3. The highest BCUT2D eigenvalue weighted by Crippen LogP contribution is 2.26. The van der Waals surface area contributed by atoms with Crippen LogP contribution in [0.1, 0.15) is 39.0 Å². The molecule has 1 aliphatic carbocycles. The third-order valence-electron chi connectivity index (χ3n) is 3.45. The van der Waals surface area contributed by atoms with E-state index in [1.165, 1.54) is 43.0 Å². The van der Waals surface area contributed by atoms with E-state index in [0.29, 0.717) is 5.92 Å². The van der Waals surface area contributed by atoms with Gasteiger partial charge in [0.2, 0.25) is 0 Å². The molecular formula is C12H19N3O. The van der Waals surface area contributed by atoms with E-state index >= 15 is 0 Å². The maximum absolute atomic E-state index is 11.8. The van der Waals surface area contributed by atoms with Crippen LogP contribution in [-0.2, 0) is 0 Å². The van der Waals surface area contributed by atoms with Crippen molar-refractivity contribution in [3.8, 4) is 0 Å². The van der Waals surface area contributed by atoms with Crippen LogP contribution in [0.4, 0.5) is 4.79 Å². The van der Waals surface area contributed by atoms with Gasteiger partial charge < -0.3 is 5.32 Å². The molecule has 1 atom stereocenters. The van der Waals surface area contributed by atoms with Gasteiger partial charge in [-0.1, -0.05) is 19.3 Å². The number of hydrogen-bond acceptors (Lipinski definition) is 2. The first-order valence-electron chi connectivity index (χ1n) is 6.06. The van der Waals surface area contributed by atoms with Gasteiger partial charge in [0.1, 0.15) is 6.33 Å². The zero-order chi connectivity index (χ0) is 11.4. The monoisotopic (exact) mass is 221 g/mol. The lowest BCUT2D eigenvalue weighted by Crippen LogP contribution is -2.40. The first-order chi connectivity index (χ1) is 7.77. The van der Waals surface area contributed by atoms with Crippen molar-refractivity contribution < 1.29 is 4.79 Å². The van der Waals surface area contributed by atoms with Gasteiger partial charge in [-0.05, 0) is 25.7 Å². The largest absolute Gasteiger partial charge is 0.335 e. The van der Waals surface area contributed by atoms with Gasteiger partial charge in [0.15, 0.2) is 0 Å². The summed E-state index contributed by atoms with van der Waals surface area (Å²) in [6.07, 6.45) is 11.2. The standard InChI is InChI=1S/C12H19N3O/c1-10(11-5-3-2-4-6-11)14-12(16)15-8-7-13-9-15/h7-11H,2-6H2,1H3,(H,14,16)/t10-/m1/s1. The molecule has 4 heteroatoms. The molecule has 0 aromatic carbocycles. The molecular weight excluding hydrogens is 202 g/mol. The van der Waals surface area contributed by atoms with Crippen molar-refractivity contribution >= 4 is 6.03 Å². The summed E-state index contributed by atoms with van der Waals surface area (Å²) in [7, 11) is 0. The fraction of sp³-hybridized carbons (Fsp3) is 0.667. The van der Waals surface area contributed by atoms with Gasteiger partial charge in [0, 0.05) is 18.4 Å². The summed E-state index contributed by atoms with van der Waals surface area (Å²) in [6, 6.07) is 0.186. The molecule has 2 rings (SSSR count). The van der Waals surface area contributed by atoms with Crippen molar-refractivity contribution in [3.63, 3.8) is 0 Å². The van der Waals surface area contributed by atoms with E-state index in [2.05, 4.69) is 17.2 Å². The predicted octanol–water partition coefficient (Wildman–Crippen LogP) is 2.41. The van der Waals surface area contributed by atoms with E-state index in [4.69, 9.17) is 0 Å². The second-order valence-corrected chi connectivity index (χ2v) is 4.61. The number of rotatable bonds is 2. The summed E-state index contributed by atoms with van der Waals surface area (Å²) in [5.74, 6) is 0.640. The van der Waals surface area contributed by atoms with Crippen LogP contribution in [0.5, 0.6) is 0 Å². The van der Waals surface area contributed by atoms with Crippen molar-refractivity contribution in [2.24, 2.45) is 5.92 Å². The van der Waals surface area contributed by atoms with Gasteiger partial charge in [-0.25, -0.2) is 9.78 Å². The molecule has 4 nitrogen and oxygen atoms in total. The summed E-state index contributed by atoms with van der Waals surface area (Å²) in [5.41, 5.74) is 0. The molecule has 0 bridgehead atoms. The molecule has 0 aliphatic heterocycles. The number of carbonyl (C=O) groups is 1. The van der Waals surface area contributed by atoms with E-state index in [1.54, 1.807) is 12.4 Å². The predicted molar refractivity (Wildman–Crippen MR) is 62.2 cm³/mol. The summed E-state index contributed by atoms with van der Waals surface area (Å²) in [4.78, 5) is 15.6. The maximum Gasteiger partial charge on any atom is 0.327 e. The molecule has 16 heavy (non-hydrogen) atoms. The Labute approximate surface area is 96.1 Å². The molecule has 1 fully saturated rings. The van der Waals surface area contributed by atoms with Crippen LogP contribution in [0.15, 0.2) is 18.7 Å². The van der Waals surface area contributed by atoms with Crippen molar-refractivity contribution in [1.82, 2.24) is 14.9 Å². The number of imidazole rings is 1. The Bertz CT molecular complexity index is 328. The highest BCUT2D eigenvalue weighted by molar-refractivity contribution is 5.76. The van der Waals surface area contributed by atoms with Crippen LogP contribution in [-0.4, -0.2) is 21.6 Å². The summed E-state index contributed by atoms with van der Waals surface area (Å²) in [6.45, 7) is 2.10. The number of carbonyl (C=O) groups excluding carboxylic acids is 1. The zero-order valence-electron chi connectivity index (χ0n) is 9.72. The van der Waals surface area contributed by atoms with Crippen LogP contribution in [0, 0.1) is 5.92 Å². The fourth-order valence-corrected chi connectivity index (χ4v) is 2.40. The molecule has 88 valence electrons. The number of nitrogens with one attached hydrogen (secondary N) is 1. The van der Waals surface area contributed by atoms with Crippen molar-refractivity contribution in [2.45, 2.75) is 45.1 Å². The highest BCUT2D eigenvalue weighted by atomic mass is 16.2. The average molecular weight is 221 g/mol. The molecule has 1 saturated carbocycles. The van der Waals surface area contributed by atoms with E-state index < -0.39 is 0 Å². The summed E-state index contributed by atoms with van der Waals surface area (Å²) >= 11 is 0. The summed E-state index contributed by atoms with van der Waals surface area (Å²) < 4.78 is 1.49. The first kappa shape index (κ1) is 11.2. The molecule has 1 aromatic rings. The average Bonchev–Trinajstić information content (AvgIpc) is 2.83. The van der Waals surface area contributed by atoms with E-state index in [0.717, 1.165) is 0 Å². The Morgan fingerprint density at radius 3 is 2.81 bits per heavy atom. The molecule has 1 amide bonds. The van der Waals surface area contributed by atoms with E-state index in [-0.39, 0.29) is 12.1 Å². The van der Waals surface area contributed by atoms with Crippen LogP contribution >= 0.6 is 0 Å². The third kappa shape index (κ3) is 2.62. The lowest BCUT2D eigenvalue weighted by Gasteiger charge is -2.28. The Balaban J connectivity index is 1.86. The number of amides is 1. The minimum absolute atomic E-state index is 0.0735. The molecule has 1 aromatic heterocycles. The molecule has 1 heterocycles. The van der Waals surface area contributed by atoms with Crippen molar-refractivity contribution in [3.05, 3.63) is 18.7 Å². The second kappa shape index (κ2) is 5.14. The molecule has 1 aliphatic rings. The summed E-state index contributed by atoms with van der Waals surface area (Å²) in [5, 5.41) is 3.04. The van der Waals surface area contributed by atoms with Crippen LogP contribution in [0.2, 0.25) is 0 Å². The van der Waals surface area contributed by atoms with Crippen LogP contribution in [0.3, 0.4) is 0 Å². The Kier molecular flexibility index (Phi) is 3.59. The topological polar surface area (TPSA) is 46.9 Å². The van der Waals surface area contributed by atoms with Gasteiger partial charge >= 0.3 is 6.03 Å². The minimum atomic E-state index is -0.0735. The fourth-order valence-electron chi connectivity index (χ4n) is 2.40. The SMILES string of the molecule is C[C@@H](NC(=O)n1ccnc1)C1CCCCC1. The smallest absolute Gasteiger partial charge is 0.327 e. The van der Waals surface area contributed by atoms with Gasteiger partial charge in [0.05, 0.1) is 0 Å². The minimum Gasteiger partial charge on any atom is -0.335 e. The number of hydrogen-bond donors (Lipinski definition) is 1. The molecule has 0 radical (unpaired) electrons. The van der Waals surface area contributed by atoms with Gasteiger partial charge in [-0.15, -0.1) is 0 Å². The quantitative estimate of drug-likeness (QED) is 0.833. The van der Waals surface area contributed by atoms with E-state index in [9.17, 15) is 4.79 Å². The third-order valence-corrected chi connectivity index (χ3v) is 3.45. The number of aromatic nitrogens is 2. The molecule has 0 unspecified atom stereocenters.